The molecule has 2 amide bonds. The van der Waals surface area contributed by atoms with E-state index in [0.29, 0.717) is 11.4 Å². The maximum atomic E-state index is 12.4. The van der Waals surface area contributed by atoms with E-state index in [9.17, 15) is 23.2 Å². The highest BCUT2D eigenvalue weighted by atomic mass is 32.2. The topological polar surface area (TPSA) is 93.7 Å². The van der Waals surface area contributed by atoms with E-state index in [1.54, 1.807) is 6.07 Å². The number of benzene rings is 2. The van der Waals surface area contributed by atoms with Crippen molar-refractivity contribution >= 4 is 40.9 Å². The SMILES string of the molecule is O=C(COC(=O)c1ccc2c(c1)NC(=O)CS2)Nc1ccccc1OC(F)F. The van der Waals surface area contributed by atoms with Crippen LogP contribution in [0.5, 0.6) is 5.75 Å². The number of amides is 2. The smallest absolute Gasteiger partial charge is 0.387 e. The molecule has 7 nitrogen and oxygen atoms in total. The van der Waals surface area contributed by atoms with Gasteiger partial charge in [0.2, 0.25) is 5.91 Å². The number of esters is 1. The van der Waals surface area contributed by atoms with E-state index in [1.807, 2.05) is 0 Å². The van der Waals surface area contributed by atoms with Gasteiger partial charge in [0.05, 0.1) is 22.7 Å². The van der Waals surface area contributed by atoms with Crippen LogP contribution in [0.3, 0.4) is 0 Å². The number of carbonyl (C=O) groups is 3. The number of para-hydroxylation sites is 2. The fraction of sp³-hybridized carbons (Fsp3) is 0.167. The third-order valence-electron chi connectivity index (χ3n) is 3.56. The van der Waals surface area contributed by atoms with Crippen LogP contribution in [0.25, 0.3) is 0 Å². The van der Waals surface area contributed by atoms with E-state index < -0.39 is 25.1 Å². The van der Waals surface area contributed by atoms with Gasteiger partial charge in [-0.25, -0.2) is 4.79 Å². The highest BCUT2D eigenvalue weighted by molar-refractivity contribution is 8.00. The molecule has 10 heteroatoms. The van der Waals surface area contributed by atoms with E-state index in [0.717, 1.165) is 4.90 Å². The number of alkyl halides is 2. The van der Waals surface area contributed by atoms with Crippen LogP contribution in [0.1, 0.15) is 10.4 Å². The first-order chi connectivity index (χ1) is 13.4. The van der Waals surface area contributed by atoms with E-state index in [1.165, 1.54) is 48.2 Å². The van der Waals surface area contributed by atoms with Gasteiger partial charge in [0, 0.05) is 4.90 Å². The van der Waals surface area contributed by atoms with Crippen LogP contribution < -0.4 is 15.4 Å². The summed E-state index contributed by atoms with van der Waals surface area (Å²) in [5.41, 5.74) is 0.686. The summed E-state index contributed by atoms with van der Waals surface area (Å²) in [5.74, 6) is -1.57. The van der Waals surface area contributed by atoms with Crippen molar-refractivity contribution in [1.29, 1.82) is 0 Å². The van der Waals surface area contributed by atoms with Gasteiger partial charge < -0.3 is 20.1 Å². The second kappa shape index (κ2) is 8.70. The van der Waals surface area contributed by atoms with Gasteiger partial charge in [0.1, 0.15) is 5.75 Å². The van der Waals surface area contributed by atoms with Crippen molar-refractivity contribution in [3.63, 3.8) is 0 Å². The van der Waals surface area contributed by atoms with E-state index in [-0.39, 0.29) is 22.9 Å². The molecule has 1 heterocycles. The van der Waals surface area contributed by atoms with Crippen LogP contribution >= 0.6 is 11.8 Å². The Labute approximate surface area is 162 Å². The van der Waals surface area contributed by atoms with Gasteiger partial charge in [0.15, 0.2) is 6.61 Å². The summed E-state index contributed by atoms with van der Waals surface area (Å²) in [6.45, 7) is -3.67. The maximum Gasteiger partial charge on any atom is 0.387 e. The predicted molar refractivity (Wildman–Crippen MR) is 97.8 cm³/mol. The van der Waals surface area contributed by atoms with E-state index >= 15 is 0 Å². The lowest BCUT2D eigenvalue weighted by molar-refractivity contribution is -0.119. The maximum absolute atomic E-state index is 12.4. The molecule has 0 fully saturated rings. The number of hydrogen-bond acceptors (Lipinski definition) is 6. The number of halogens is 2. The Morgan fingerprint density at radius 3 is 2.79 bits per heavy atom. The molecule has 2 N–H and O–H groups in total. The Morgan fingerprint density at radius 2 is 2.00 bits per heavy atom. The summed E-state index contributed by atoms with van der Waals surface area (Å²) >= 11 is 1.35. The molecular formula is C18H14F2N2O5S. The third-order valence-corrected chi connectivity index (χ3v) is 4.63. The van der Waals surface area contributed by atoms with Crippen LogP contribution in [0, 0.1) is 0 Å². The number of nitrogens with one attached hydrogen (secondary N) is 2. The molecule has 0 saturated heterocycles. The van der Waals surface area contributed by atoms with Gasteiger partial charge in [-0.05, 0) is 30.3 Å². The molecule has 28 heavy (non-hydrogen) atoms. The molecule has 0 aliphatic carbocycles. The Morgan fingerprint density at radius 1 is 1.21 bits per heavy atom. The van der Waals surface area contributed by atoms with Gasteiger partial charge in [-0.1, -0.05) is 12.1 Å². The van der Waals surface area contributed by atoms with Gasteiger partial charge >= 0.3 is 12.6 Å². The Hall–Kier alpha value is -3.14. The van der Waals surface area contributed by atoms with Gasteiger partial charge in [-0.2, -0.15) is 8.78 Å². The first kappa shape index (κ1) is 19.6. The second-order valence-electron chi connectivity index (χ2n) is 5.55. The molecule has 0 spiro atoms. The number of fused-ring (bicyclic) bond motifs is 1. The minimum absolute atomic E-state index is 0.0253. The summed E-state index contributed by atoms with van der Waals surface area (Å²) in [6.07, 6.45) is 0. The summed E-state index contributed by atoms with van der Waals surface area (Å²) in [7, 11) is 0. The van der Waals surface area contributed by atoms with Crippen LogP contribution in [0.15, 0.2) is 47.4 Å². The average Bonchev–Trinajstić information content (AvgIpc) is 2.66. The lowest BCUT2D eigenvalue weighted by Crippen LogP contribution is -2.22. The largest absolute Gasteiger partial charge is 0.452 e. The number of carbonyl (C=O) groups excluding carboxylic acids is 3. The molecular weight excluding hydrogens is 394 g/mol. The summed E-state index contributed by atoms with van der Waals surface area (Å²) in [4.78, 5) is 36.4. The monoisotopic (exact) mass is 408 g/mol. The summed E-state index contributed by atoms with van der Waals surface area (Å²) in [6, 6.07) is 10.3. The van der Waals surface area contributed by atoms with Crippen molar-refractivity contribution in [1.82, 2.24) is 0 Å². The fourth-order valence-electron chi connectivity index (χ4n) is 2.38. The number of rotatable bonds is 6. The Balaban J connectivity index is 1.59. The van der Waals surface area contributed by atoms with Gasteiger partial charge in [-0.15, -0.1) is 11.8 Å². The van der Waals surface area contributed by atoms with Crippen LogP contribution in [0.4, 0.5) is 20.2 Å². The normalized spacial score (nSPS) is 12.8. The molecule has 0 radical (unpaired) electrons. The minimum atomic E-state index is -3.04. The lowest BCUT2D eigenvalue weighted by atomic mass is 10.2. The molecule has 1 aliphatic rings. The van der Waals surface area contributed by atoms with Crippen molar-refractivity contribution in [3.8, 4) is 5.75 Å². The molecule has 0 aromatic heterocycles. The summed E-state index contributed by atoms with van der Waals surface area (Å²) in [5, 5.41) is 5.00. The van der Waals surface area contributed by atoms with E-state index in [2.05, 4.69) is 15.4 Å². The molecule has 2 aromatic carbocycles. The van der Waals surface area contributed by atoms with Gasteiger partial charge in [-0.3, -0.25) is 9.59 Å². The molecule has 0 saturated carbocycles. The Bertz CT molecular complexity index is 923. The molecule has 0 atom stereocenters. The second-order valence-corrected chi connectivity index (χ2v) is 6.56. The van der Waals surface area contributed by atoms with Crippen LogP contribution in [-0.2, 0) is 14.3 Å². The molecule has 3 rings (SSSR count). The Kier molecular flexibility index (Phi) is 6.09. The highest BCUT2D eigenvalue weighted by Crippen LogP contribution is 2.32. The van der Waals surface area contributed by atoms with Crippen molar-refractivity contribution in [2.24, 2.45) is 0 Å². The molecule has 0 bridgehead atoms. The zero-order chi connectivity index (χ0) is 20.1. The van der Waals surface area contributed by atoms with E-state index in [4.69, 9.17) is 4.74 Å². The zero-order valence-corrected chi connectivity index (χ0v) is 15.1. The summed E-state index contributed by atoms with van der Waals surface area (Å²) < 4.78 is 34.0. The first-order valence-corrected chi connectivity index (χ1v) is 8.98. The molecule has 146 valence electrons. The third kappa shape index (κ3) is 4.97. The van der Waals surface area contributed by atoms with Gasteiger partial charge in [0.25, 0.3) is 5.91 Å². The standard InChI is InChI=1S/C18H14F2N2O5S/c19-18(20)27-13-4-2-1-3-11(13)21-15(23)8-26-17(25)10-5-6-14-12(7-10)22-16(24)9-28-14/h1-7,18H,8-9H2,(H,21,23)(H,22,24). The quantitative estimate of drug-likeness (QED) is 0.714. The van der Waals surface area contributed by atoms with Crippen LogP contribution in [-0.4, -0.2) is 36.8 Å². The van der Waals surface area contributed by atoms with Crippen LogP contribution in [0.2, 0.25) is 0 Å². The van der Waals surface area contributed by atoms with Crippen molar-refractivity contribution in [3.05, 3.63) is 48.0 Å². The zero-order valence-electron chi connectivity index (χ0n) is 14.2. The highest BCUT2D eigenvalue weighted by Gasteiger charge is 2.19. The molecule has 0 unspecified atom stereocenters. The average molecular weight is 408 g/mol. The van der Waals surface area contributed by atoms with Crippen molar-refractivity contribution < 1.29 is 32.6 Å². The minimum Gasteiger partial charge on any atom is -0.452 e. The number of anilines is 2. The van der Waals surface area contributed by atoms with Crippen molar-refractivity contribution in [2.45, 2.75) is 11.5 Å². The predicted octanol–water partition coefficient (Wildman–Crippen LogP) is 3.13. The first-order valence-electron chi connectivity index (χ1n) is 8.00. The molecule has 1 aliphatic heterocycles. The molecule has 2 aromatic rings. The van der Waals surface area contributed by atoms with Crippen molar-refractivity contribution in [2.75, 3.05) is 23.0 Å². The number of ether oxygens (including phenoxy) is 2. The fourth-order valence-corrected chi connectivity index (χ4v) is 3.17. The number of hydrogen-bond donors (Lipinski definition) is 2. The number of thioether (sulfide) groups is 1. The lowest BCUT2D eigenvalue weighted by Gasteiger charge is -2.16.